The van der Waals surface area contributed by atoms with Crippen LogP contribution in [0.2, 0.25) is 0 Å². The van der Waals surface area contributed by atoms with Crippen molar-refractivity contribution in [1.29, 1.82) is 0 Å². The van der Waals surface area contributed by atoms with E-state index in [4.69, 9.17) is 4.74 Å². The van der Waals surface area contributed by atoms with Gasteiger partial charge in [0, 0.05) is 33.3 Å². The van der Waals surface area contributed by atoms with Crippen LogP contribution in [-0.2, 0) is 4.74 Å². The molecule has 20 heavy (non-hydrogen) atoms. The van der Waals surface area contributed by atoms with Crippen molar-refractivity contribution in [2.24, 2.45) is 10.9 Å². The van der Waals surface area contributed by atoms with E-state index < -0.39 is 0 Å². The Kier molecular flexibility index (Phi) is 11.5. The monoisotopic (exact) mass is 398 g/mol. The number of methoxy groups -OCH3 is 1. The molecule has 0 aromatic carbocycles. The standard InChI is InChI=1S/C14H30N4O.HI/c1-12-5-8-18(9-6-12)13(2)11-17-14(15-3)16-7-10-19-4;/h12-13H,5-11H2,1-4H3,(H2,15,16,17);1H. The third kappa shape index (κ3) is 7.64. The zero-order chi connectivity index (χ0) is 14.1. The van der Waals surface area contributed by atoms with Gasteiger partial charge in [-0.05, 0) is 38.8 Å². The number of aliphatic imine (C=N–C) groups is 1. The number of hydrogen-bond donors (Lipinski definition) is 2. The molecule has 0 saturated carbocycles. The van der Waals surface area contributed by atoms with Crippen LogP contribution in [0.4, 0.5) is 0 Å². The lowest BCUT2D eigenvalue weighted by Gasteiger charge is -2.35. The summed E-state index contributed by atoms with van der Waals surface area (Å²) in [6, 6.07) is 0.550. The van der Waals surface area contributed by atoms with Gasteiger partial charge >= 0.3 is 0 Å². The van der Waals surface area contributed by atoms with Gasteiger partial charge in [-0.2, -0.15) is 0 Å². The maximum Gasteiger partial charge on any atom is 0.191 e. The van der Waals surface area contributed by atoms with E-state index in [2.05, 4.69) is 34.4 Å². The zero-order valence-electron chi connectivity index (χ0n) is 13.3. The van der Waals surface area contributed by atoms with Gasteiger partial charge in [-0.3, -0.25) is 9.89 Å². The van der Waals surface area contributed by atoms with Gasteiger partial charge in [0.15, 0.2) is 5.96 Å². The molecule has 1 saturated heterocycles. The number of nitrogens with zero attached hydrogens (tertiary/aromatic N) is 2. The molecule has 1 unspecified atom stereocenters. The van der Waals surface area contributed by atoms with Crippen LogP contribution in [0.15, 0.2) is 4.99 Å². The third-order valence-electron chi connectivity index (χ3n) is 3.83. The van der Waals surface area contributed by atoms with Gasteiger partial charge < -0.3 is 15.4 Å². The fourth-order valence-electron chi connectivity index (χ4n) is 2.33. The molecular formula is C14H31IN4O. The smallest absolute Gasteiger partial charge is 0.191 e. The Morgan fingerprint density at radius 1 is 1.35 bits per heavy atom. The minimum atomic E-state index is 0. The fourth-order valence-corrected chi connectivity index (χ4v) is 2.33. The third-order valence-corrected chi connectivity index (χ3v) is 3.83. The molecule has 0 aromatic rings. The quantitative estimate of drug-likeness (QED) is 0.309. The molecule has 6 heteroatoms. The second-order valence-electron chi connectivity index (χ2n) is 5.44. The molecule has 1 rings (SSSR count). The Morgan fingerprint density at radius 2 is 2.00 bits per heavy atom. The van der Waals surface area contributed by atoms with Crippen LogP contribution in [0.5, 0.6) is 0 Å². The summed E-state index contributed by atoms with van der Waals surface area (Å²) in [6.07, 6.45) is 2.65. The average molecular weight is 398 g/mol. The average Bonchev–Trinajstić information content (AvgIpc) is 2.43. The van der Waals surface area contributed by atoms with E-state index in [0.29, 0.717) is 12.6 Å². The van der Waals surface area contributed by atoms with Crippen LogP contribution >= 0.6 is 24.0 Å². The maximum absolute atomic E-state index is 5.01. The van der Waals surface area contributed by atoms with Crippen molar-refractivity contribution in [3.63, 3.8) is 0 Å². The molecule has 0 spiro atoms. The van der Waals surface area contributed by atoms with E-state index in [1.807, 2.05) is 0 Å². The first kappa shape index (κ1) is 19.9. The topological polar surface area (TPSA) is 48.9 Å². The van der Waals surface area contributed by atoms with Crippen LogP contribution in [0.1, 0.15) is 26.7 Å². The summed E-state index contributed by atoms with van der Waals surface area (Å²) in [6.45, 7) is 9.49. The van der Waals surface area contributed by atoms with E-state index in [9.17, 15) is 0 Å². The maximum atomic E-state index is 5.01. The number of likely N-dealkylation sites (tertiary alicyclic amines) is 1. The molecule has 0 radical (unpaired) electrons. The Balaban J connectivity index is 0.00000361. The summed E-state index contributed by atoms with van der Waals surface area (Å²) >= 11 is 0. The van der Waals surface area contributed by atoms with Gasteiger partial charge in [0.2, 0.25) is 0 Å². The number of ether oxygens (including phenoxy) is 1. The Bertz CT molecular complexity index is 268. The van der Waals surface area contributed by atoms with Gasteiger partial charge in [0.1, 0.15) is 0 Å². The summed E-state index contributed by atoms with van der Waals surface area (Å²) in [7, 11) is 3.51. The number of nitrogens with one attached hydrogen (secondary N) is 2. The van der Waals surface area contributed by atoms with Crippen molar-refractivity contribution in [2.75, 3.05) is 46.9 Å². The molecule has 0 amide bonds. The Hall–Kier alpha value is -0.0800. The summed E-state index contributed by atoms with van der Waals surface area (Å²) in [5, 5.41) is 6.61. The predicted octanol–water partition coefficient (Wildman–Crippen LogP) is 1.54. The highest BCUT2D eigenvalue weighted by Crippen LogP contribution is 2.17. The van der Waals surface area contributed by atoms with Gasteiger partial charge in [0.05, 0.1) is 6.61 Å². The highest BCUT2D eigenvalue weighted by molar-refractivity contribution is 14.0. The molecule has 2 N–H and O–H groups in total. The predicted molar refractivity (Wildman–Crippen MR) is 96.1 cm³/mol. The van der Waals surface area contributed by atoms with Gasteiger partial charge in [-0.25, -0.2) is 0 Å². The molecule has 0 bridgehead atoms. The van der Waals surface area contributed by atoms with Crippen LogP contribution in [-0.4, -0.2) is 63.8 Å². The molecule has 5 nitrogen and oxygen atoms in total. The minimum Gasteiger partial charge on any atom is -0.383 e. The molecule has 1 aliphatic rings. The zero-order valence-corrected chi connectivity index (χ0v) is 15.6. The van der Waals surface area contributed by atoms with Crippen LogP contribution in [0.25, 0.3) is 0 Å². The number of hydrogen-bond acceptors (Lipinski definition) is 3. The second-order valence-corrected chi connectivity index (χ2v) is 5.44. The molecule has 1 aliphatic heterocycles. The van der Waals surface area contributed by atoms with Gasteiger partial charge in [-0.1, -0.05) is 6.92 Å². The lowest BCUT2D eigenvalue weighted by Crippen LogP contribution is -2.48. The summed E-state index contributed by atoms with van der Waals surface area (Å²) in [5.41, 5.74) is 0. The number of rotatable bonds is 6. The highest BCUT2D eigenvalue weighted by Gasteiger charge is 2.20. The molecule has 1 fully saturated rings. The van der Waals surface area contributed by atoms with E-state index in [-0.39, 0.29) is 24.0 Å². The molecule has 120 valence electrons. The fraction of sp³-hybridized carbons (Fsp3) is 0.929. The summed E-state index contributed by atoms with van der Waals surface area (Å²) < 4.78 is 5.01. The first-order valence-corrected chi connectivity index (χ1v) is 7.34. The second kappa shape index (κ2) is 11.6. The lowest BCUT2D eigenvalue weighted by molar-refractivity contribution is 0.147. The van der Waals surface area contributed by atoms with Crippen LogP contribution in [0, 0.1) is 5.92 Å². The Morgan fingerprint density at radius 3 is 2.55 bits per heavy atom. The minimum absolute atomic E-state index is 0. The van der Waals surface area contributed by atoms with Crippen molar-refractivity contribution < 1.29 is 4.74 Å². The normalized spacial score (nSPS) is 19.3. The van der Waals surface area contributed by atoms with Crippen molar-refractivity contribution >= 4 is 29.9 Å². The Labute approximate surface area is 140 Å². The van der Waals surface area contributed by atoms with Crippen molar-refractivity contribution in [2.45, 2.75) is 32.7 Å². The number of piperidine rings is 1. The van der Waals surface area contributed by atoms with E-state index in [1.165, 1.54) is 25.9 Å². The van der Waals surface area contributed by atoms with Gasteiger partial charge in [0.25, 0.3) is 0 Å². The molecule has 1 heterocycles. The van der Waals surface area contributed by atoms with Gasteiger partial charge in [-0.15, -0.1) is 24.0 Å². The number of halogens is 1. The molecular weight excluding hydrogens is 367 g/mol. The molecule has 0 aromatic heterocycles. The first-order chi connectivity index (χ1) is 9.17. The van der Waals surface area contributed by atoms with Crippen molar-refractivity contribution in [3.05, 3.63) is 0 Å². The SMILES string of the molecule is CN=C(NCCOC)NCC(C)N1CCC(C)CC1.I. The van der Waals surface area contributed by atoms with Crippen molar-refractivity contribution in [1.82, 2.24) is 15.5 Å². The van der Waals surface area contributed by atoms with E-state index in [0.717, 1.165) is 25.0 Å². The summed E-state index contributed by atoms with van der Waals surface area (Å²) in [4.78, 5) is 6.77. The first-order valence-electron chi connectivity index (χ1n) is 7.34. The summed E-state index contributed by atoms with van der Waals surface area (Å²) in [5.74, 6) is 1.74. The number of guanidine groups is 1. The molecule has 1 atom stereocenters. The highest BCUT2D eigenvalue weighted by atomic mass is 127. The van der Waals surface area contributed by atoms with Crippen molar-refractivity contribution in [3.8, 4) is 0 Å². The molecule has 0 aliphatic carbocycles. The van der Waals surface area contributed by atoms with E-state index >= 15 is 0 Å². The lowest BCUT2D eigenvalue weighted by atomic mass is 9.98. The van der Waals surface area contributed by atoms with Crippen LogP contribution in [0.3, 0.4) is 0 Å². The van der Waals surface area contributed by atoms with E-state index in [1.54, 1.807) is 14.2 Å². The largest absolute Gasteiger partial charge is 0.383 e. The van der Waals surface area contributed by atoms with Crippen LogP contribution < -0.4 is 10.6 Å².